The van der Waals surface area contributed by atoms with Gasteiger partial charge in [-0.3, -0.25) is 0 Å². The van der Waals surface area contributed by atoms with Crippen LogP contribution in [-0.2, 0) is 6.54 Å². The number of thioether (sulfide) groups is 1. The predicted octanol–water partition coefficient (Wildman–Crippen LogP) is 4.20. The van der Waals surface area contributed by atoms with Crippen molar-refractivity contribution in [2.45, 2.75) is 25.9 Å². The quantitative estimate of drug-likeness (QED) is 0.572. The molecule has 0 aliphatic rings. The molecule has 2 nitrogen and oxygen atoms in total. The van der Waals surface area contributed by atoms with Crippen molar-refractivity contribution in [2.75, 3.05) is 18.9 Å². The topological polar surface area (TPSA) is 21.3 Å². The van der Waals surface area contributed by atoms with Crippen molar-refractivity contribution in [3.63, 3.8) is 0 Å². The van der Waals surface area contributed by atoms with Crippen LogP contribution in [-0.4, -0.2) is 24.4 Å². The van der Waals surface area contributed by atoms with E-state index in [0.29, 0.717) is 12.5 Å². The van der Waals surface area contributed by atoms with Crippen molar-refractivity contribution >= 4 is 11.8 Å². The summed E-state index contributed by atoms with van der Waals surface area (Å²) in [6.07, 6.45) is 0. The summed E-state index contributed by atoms with van der Waals surface area (Å²) in [5.41, 5.74) is -3.52. The van der Waals surface area contributed by atoms with Crippen LogP contribution in [0.25, 0.3) is 0 Å². The summed E-state index contributed by atoms with van der Waals surface area (Å²) in [5.74, 6) is -0.342. The molecule has 0 aliphatic heterocycles. The summed E-state index contributed by atoms with van der Waals surface area (Å²) in [4.78, 5) is 0. The van der Waals surface area contributed by atoms with Gasteiger partial charge in [0.2, 0.25) is 0 Å². The normalized spacial score (nSPS) is 12.0. The molecule has 0 spiro atoms. The van der Waals surface area contributed by atoms with E-state index < -0.39 is 11.3 Å². The van der Waals surface area contributed by atoms with E-state index in [0.717, 1.165) is 12.1 Å². The van der Waals surface area contributed by atoms with Crippen molar-refractivity contribution in [1.29, 1.82) is 0 Å². The third-order valence-electron chi connectivity index (χ3n) is 2.48. The highest BCUT2D eigenvalue weighted by Gasteiger charge is 2.27. The van der Waals surface area contributed by atoms with Crippen LogP contribution in [0.4, 0.5) is 17.6 Å². The maximum Gasteiger partial charge on any atom is 0.441 e. The van der Waals surface area contributed by atoms with E-state index in [2.05, 4.69) is 19.2 Å². The predicted molar refractivity (Wildman–Crippen MR) is 77.0 cm³/mol. The molecule has 0 atom stereocenters. The summed E-state index contributed by atoms with van der Waals surface area (Å²) in [7, 11) is 0. The summed E-state index contributed by atoms with van der Waals surface area (Å²) in [6, 6.07) is 4.47. The number of hydrogen-bond acceptors (Lipinski definition) is 3. The van der Waals surface area contributed by atoms with Crippen LogP contribution in [0.2, 0.25) is 0 Å². The van der Waals surface area contributed by atoms with E-state index in [9.17, 15) is 17.6 Å². The first-order valence-electron chi connectivity index (χ1n) is 6.60. The molecule has 0 heterocycles. The van der Waals surface area contributed by atoms with Crippen molar-refractivity contribution in [3.8, 4) is 5.75 Å². The van der Waals surface area contributed by atoms with Crippen LogP contribution in [0.15, 0.2) is 18.2 Å². The van der Waals surface area contributed by atoms with E-state index in [4.69, 9.17) is 4.74 Å². The SMILES string of the molecule is CC(C)CNCc1ccc(OCCSC(F)(F)F)c(F)c1. The van der Waals surface area contributed by atoms with E-state index in [1.807, 2.05) is 0 Å². The molecule has 1 N–H and O–H groups in total. The highest BCUT2D eigenvalue weighted by molar-refractivity contribution is 8.00. The minimum absolute atomic E-state index is 0.0228. The van der Waals surface area contributed by atoms with Gasteiger partial charge in [0, 0.05) is 12.3 Å². The van der Waals surface area contributed by atoms with Gasteiger partial charge in [0.05, 0.1) is 6.61 Å². The number of halogens is 4. The average Bonchev–Trinajstić information content (AvgIpc) is 2.35. The van der Waals surface area contributed by atoms with Gasteiger partial charge in [-0.15, -0.1) is 0 Å². The molecule has 1 aromatic carbocycles. The summed E-state index contributed by atoms with van der Waals surface area (Å²) in [5, 5.41) is 3.18. The zero-order valence-corrected chi connectivity index (χ0v) is 12.8. The van der Waals surface area contributed by atoms with Gasteiger partial charge in [0.1, 0.15) is 0 Å². The molecule has 0 fully saturated rings. The Balaban J connectivity index is 2.39. The average molecular weight is 325 g/mol. The molecule has 120 valence electrons. The Bertz CT molecular complexity index is 437. The first-order valence-corrected chi connectivity index (χ1v) is 7.59. The zero-order chi connectivity index (χ0) is 15.9. The second-order valence-electron chi connectivity index (χ2n) is 4.93. The molecule has 0 bridgehead atoms. The van der Waals surface area contributed by atoms with Gasteiger partial charge in [-0.05, 0) is 41.9 Å². The molecule has 1 rings (SSSR count). The molecular formula is C14H19F4NOS. The molecular weight excluding hydrogens is 306 g/mol. The Labute approximate surface area is 126 Å². The van der Waals surface area contributed by atoms with Gasteiger partial charge < -0.3 is 10.1 Å². The second kappa shape index (κ2) is 8.48. The molecule has 1 aromatic rings. The Hall–Kier alpha value is -0.950. The number of rotatable bonds is 8. The monoisotopic (exact) mass is 325 g/mol. The van der Waals surface area contributed by atoms with E-state index in [1.54, 1.807) is 6.07 Å². The van der Waals surface area contributed by atoms with Gasteiger partial charge in [-0.25, -0.2) is 4.39 Å². The highest BCUT2D eigenvalue weighted by atomic mass is 32.2. The van der Waals surface area contributed by atoms with Crippen molar-refractivity contribution in [3.05, 3.63) is 29.6 Å². The Morgan fingerprint density at radius 3 is 2.57 bits per heavy atom. The summed E-state index contributed by atoms with van der Waals surface area (Å²) < 4.78 is 54.5. The molecule has 0 radical (unpaired) electrons. The molecule has 0 aliphatic carbocycles. The van der Waals surface area contributed by atoms with Crippen LogP contribution in [0.3, 0.4) is 0 Å². The van der Waals surface area contributed by atoms with Crippen LogP contribution in [0.5, 0.6) is 5.75 Å². The fraction of sp³-hybridized carbons (Fsp3) is 0.571. The van der Waals surface area contributed by atoms with Crippen LogP contribution >= 0.6 is 11.8 Å². The lowest BCUT2D eigenvalue weighted by Crippen LogP contribution is -2.19. The molecule has 0 saturated heterocycles. The van der Waals surface area contributed by atoms with Crippen LogP contribution in [0.1, 0.15) is 19.4 Å². The van der Waals surface area contributed by atoms with Crippen LogP contribution < -0.4 is 10.1 Å². The number of hydrogen-bond donors (Lipinski definition) is 1. The molecule has 0 unspecified atom stereocenters. The van der Waals surface area contributed by atoms with Gasteiger partial charge in [-0.2, -0.15) is 13.2 Å². The van der Waals surface area contributed by atoms with Crippen molar-refractivity contribution in [1.82, 2.24) is 5.32 Å². The number of alkyl halides is 3. The Kier molecular flexibility index (Phi) is 7.31. The molecule has 7 heteroatoms. The van der Waals surface area contributed by atoms with E-state index >= 15 is 0 Å². The lowest BCUT2D eigenvalue weighted by Gasteiger charge is -2.11. The largest absolute Gasteiger partial charge is 0.490 e. The summed E-state index contributed by atoms with van der Waals surface area (Å²) >= 11 is -0.182. The van der Waals surface area contributed by atoms with Crippen LogP contribution in [0, 0.1) is 11.7 Å². The smallest absolute Gasteiger partial charge is 0.441 e. The Morgan fingerprint density at radius 1 is 1.29 bits per heavy atom. The molecule has 0 aromatic heterocycles. The number of benzene rings is 1. The molecule has 0 amide bonds. The first kappa shape index (κ1) is 18.1. The van der Waals surface area contributed by atoms with Gasteiger partial charge >= 0.3 is 5.51 Å². The maximum absolute atomic E-state index is 13.7. The number of ether oxygens (including phenoxy) is 1. The third-order valence-corrected chi connectivity index (χ3v) is 3.18. The van der Waals surface area contributed by atoms with E-state index in [1.165, 1.54) is 12.1 Å². The highest BCUT2D eigenvalue weighted by Crippen LogP contribution is 2.30. The molecule has 0 saturated carbocycles. The lowest BCUT2D eigenvalue weighted by atomic mass is 10.2. The minimum Gasteiger partial charge on any atom is -0.490 e. The van der Waals surface area contributed by atoms with E-state index in [-0.39, 0.29) is 29.9 Å². The maximum atomic E-state index is 13.7. The lowest BCUT2D eigenvalue weighted by molar-refractivity contribution is -0.0329. The molecule has 21 heavy (non-hydrogen) atoms. The van der Waals surface area contributed by atoms with Gasteiger partial charge in [0.25, 0.3) is 0 Å². The second-order valence-corrected chi connectivity index (χ2v) is 6.09. The zero-order valence-electron chi connectivity index (χ0n) is 12.0. The first-order chi connectivity index (χ1) is 9.78. The third kappa shape index (κ3) is 8.16. The number of nitrogens with one attached hydrogen (secondary N) is 1. The van der Waals surface area contributed by atoms with Crippen molar-refractivity contribution < 1.29 is 22.3 Å². The van der Waals surface area contributed by atoms with Gasteiger partial charge in [0.15, 0.2) is 11.6 Å². The summed E-state index contributed by atoms with van der Waals surface area (Å²) in [6.45, 7) is 5.33. The fourth-order valence-electron chi connectivity index (χ4n) is 1.59. The van der Waals surface area contributed by atoms with Gasteiger partial charge in [-0.1, -0.05) is 19.9 Å². The minimum atomic E-state index is -4.28. The Morgan fingerprint density at radius 2 is 2.00 bits per heavy atom. The van der Waals surface area contributed by atoms with Crippen molar-refractivity contribution in [2.24, 2.45) is 5.92 Å². The fourth-order valence-corrected chi connectivity index (χ4v) is 1.98. The standard InChI is InChI=1S/C14H19F4NOS/c1-10(2)8-19-9-11-3-4-13(12(15)7-11)20-5-6-21-14(16,17)18/h3-4,7,10,19H,5-6,8-9H2,1-2H3.